The molecule has 0 amide bonds. The smallest absolute Gasteiger partial charge is 0.341 e. The highest BCUT2D eigenvalue weighted by Crippen LogP contribution is 2.09. The molecule has 1 atom stereocenters. The Balaban J connectivity index is 2.59. The molecule has 1 N–H and O–H groups in total. The zero-order valence-corrected chi connectivity index (χ0v) is 12.5. The van der Waals surface area contributed by atoms with Crippen LogP contribution in [0.15, 0.2) is 6.20 Å². The fourth-order valence-corrected chi connectivity index (χ4v) is 1.80. The molecule has 0 aliphatic heterocycles. The fraction of sp³-hybridized carbons (Fsp3) is 0.692. The van der Waals surface area contributed by atoms with E-state index in [0.29, 0.717) is 31.9 Å². The summed E-state index contributed by atoms with van der Waals surface area (Å²) in [6.07, 6.45) is 1.50. The normalized spacial score (nSPS) is 12.4. The van der Waals surface area contributed by atoms with Gasteiger partial charge in [-0.25, -0.2) is 4.79 Å². The van der Waals surface area contributed by atoms with E-state index in [-0.39, 0.29) is 12.1 Å². The molecule has 1 aromatic rings. The van der Waals surface area contributed by atoms with Gasteiger partial charge < -0.3 is 19.5 Å². The number of nitrogens with zero attached hydrogens (tertiary/aromatic N) is 2. The minimum absolute atomic E-state index is 0.0285. The first-order chi connectivity index (χ1) is 9.63. The molecule has 0 bridgehead atoms. The average Bonchev–Trinajstić information content (AvgIpc) is 2.79. The summed E-state index contributed by atoms with van der Waals surface area (Å²) >= 11 is 0. The van der Waals surface area contributed by atoms with Crippen LogP contribution in [0.2, 0.25) is 0 Å². The molecule has 0 saturated carbocycles. The number of hydrogen-bond donors (Lipinski definition) is 1. The van der Waals surface area contributed by atoms with Gasteiger partial charge >= 0.3 is 5.97 Å². The van der Waals surface area contributed by atoms with Crippen LogP contribution in [0.3, 0.4) is 0 Å². The zero-order valence-electron chi connectivity index (χ0n) is 12.5. The minimum Gasteiger partial charge on any atom is -0.462 e. The van der Waals surface area contributed by atoms with Crippen LogP contribution in [0.4, 0.5) is 0 Å². The van der Waals surface area contributed by atoms with Gasteiger partial charge in [0.1, 0.15) is 5.56 Å². The zero-order chi connectivity index (χ0) is 15.0. The lowest BCUT2D eigenvalue weighted by Gasteiger charge is -2.15. The second-order valence-electron chi connectivity index (χ2n) is 4.29. The molecule has 7 nitrogen and oxygen atoms in total. The second kappa shape index (κ2) is 8.68. The van der Waals surface area contributed by atoms with Crippen LogP contribution in [0.25, 0.3) is 0 Å². The molecule has 1 unspecified atom stereocenters. The van der Waals surface area contributed by atoms with Gasteiger partial charge in [-0.05, 0) is 6.92 Å². The Morgan fingerprint density at radius 2 is 2.25 bits per heavy atom. The van der Waals surface area contributed by atoms with Crippen molar-refractivity contribution in [3.8, 4) is 0 Å². The Labute approximate surface area is 119 Å². The van der Waals surface area contributed by atoms with Crippen molar-refractivity contribution in [1.29, 1.82) is 0 Å². The molecule has 0 saturated heterocycles. The summed E-state index contributed by atoms with van der Waals surface area (Å²) in [6, 6.07) is 0. The van der Waals surface area contributed by atoms with Crippen LogP contribution in [0, 0.1) is 0 Å². The van der Waals surface area contributed by atoms with Gasteiger partial charge in [-0.3, -0.25) is 4.68 Å². The highest BCUT2D eigenvalue weighted by molar-refractivity contribution is 5.90. The van der Waals surface area contributed by atoms with E-state index in [2.05, 4.69) is 10.4 Å². The quantitative estimate of drug-likeness (QED) is 0.660. The molecule has 114 valence electrons. The summed E-state index contributed by atoms with van der Waals surface area (Å²) in [4.78, 5) is 11.8. The predicted octanol–water partition coefficient (Wildman–Crippen LogP) is 0.348. The number of methoxy groups -OCH3 is 2. The Morgan fingerprint density at radius 1 is 1.50 bits per heavy atom. The maximum Gasteiger partial charge on any atom is 0.341 e. The highest BCUT2D eigenvalue weighted by Gasteiger charge is 2.17. The van der Waals surface area contributed by atoms with E-state index in [1.54, 1.807) is 32.9 Å². The molecule has 1 rings (SSSR count). The van der Waals surface area contributed by atoms with Gasteiger partial charge in [-0.2, -0.15) is 5.10 Å². The van der Waals surface area contributed by atoms with Crippen LogP contribution in [-0.4, -0.2) is 55.8 Å². The summed E-state index contributed by atoms with van der Waals surface area (Å²) in [5.74, 6) is -0.349. The van der Waals surface area contributed by atoms with Crippen molar-refractivity contribution >= 4 is 5.97 Å². The number of aromatic nitrogens is 2. The number of esters is 1. The summed E-state index contributed by atoms with van der Waals surface area (Å²) < 4.78 is 17.0. The van der Waals surface area contributed by atoms with E-state index in [0.717, 1.165) is 5.69 Å². The number of carbonyl (C=O) groups is 1. The van der Waals surface area contributed by atoms with Crippen LogP contribution < -0.4 is 5.32 Å². The van der Waals surface area contributed by atoms with E-state index in [1.807, 2.05) is 0 Å². The third kappa shape index (κ3) is 4.59. The molecule has 0 aromatic carbocycles. The van der Waals surface area contributed by atoms with Crippen molar-refractivity contribution in [2.24, 2.45) is 7.05 Å². The number of aryl methyl sites for hydroxylation is 1. The minimum atomic E-state index is -0.349. The SMILES string of the molecule is CCOC(=O)c1cnn(C)c1CNCC(COC)OC. The van der Waals surface area contributed by atoms with E-state index >= 15 is 0 Å². The topological polar surface area (TPSA) is 74.6 Å². The van der Waals surface area contributed by atoms with Crippen LogP contribution in [0.5, 0.6) is 0 Å². The van der Waals surface area contributed by atoms with Crippen molar-refractivity contribution < 1.29 is 19.0 Å². The number of carbonyl (C=O) groups excluding carboxylic acids is 1. The van der Waals surface area contributed by atoms with Crippen LogP contribution in [-0.2, 0) is 27.8 Å². The Bertz CT molecular complexity index is 420. The van der Waals surface area contributed by atoms with Gasteiger partial charge in [0.25, 0.3) is 0 Å². The van der Waals surface area contributed by atoms with Crippen molar-refractivity contribution in [2.75, 3.05) is 34.0 Å². The summed E-state index contributed by atoms with van der Waals surface area (Å²) in [5, 5.41) is 7.32. The van der Waals surface area contributed by atoms with Crippen LogP contribution >= 0.6 is 0 Å². The molecule has 0 fully saturated rings. The van der Waals surface area contributed by atoms with Crippen molar-refractivity contribution in [1.82, 2.24) is 15.1 Å². The van der Waals surface area contributed by atoms with E-state index in [4.69, 9.17) is 14.2 Å². The number of nitrogens with one attached hydrogen (secondary N) is 1. The lowest BCUT2D eigenvalue weighted by atomic mass is 10.2. The lowest BCUT2D eigenvalue weighted by molar-refractivity contribution is 0.0286. The molecular formula is C13H23N3O4. The van der Waals surface area contributed by atoms with E-state index in [9.17, 15) is 4.79 Å². The van der Waals surface area contributed by atoms with Crippen molar-refractivity contribution in [2.45, 2.75) is 19.6 Å². The summed E-state index contributed by atoms with van der Waals surface area (Å²) in [6.45, 7) is 3.77. The number of rotatable bonds is 9. The first-order valence-electron chi connectivity index (χ1n) is 6.54. The standard InChI is InChI=1S/C13H23N3O4/c1-5-20-13(17)11-7-15-16(2)12(11)8-14-6-10(19-4)9-18-3/h7,10,14H,5-6,8-9H2,1-4H3. The fourth-order valence-electron chi connectivity index (χ4n) is 1.80. The number of hydrogen-bond acceptors (Lipinski definition) is 6. The molecule has 0 spiro atoms. The molecule has 7 heteroatoms. The molecule has 0 aliphatic rings. The number of ether oxygens (including phenoxy) is 3. The second-order valence-corrected chi connectivity index (χ2v) is 4.29. The van der Waals surface area contributed by atoms with Gasteiger partial charge in [-0.1, -0.05) is 0 Å². The summed E-state index contributed by atoms with van der Waals surface area (Å²) in [5.41, 5.74) is 1.28. The van der Waals surface area contributed by atoms with E-state index in [1.165, 1.54) is 6.20 Å². The molecule has 0 aliphatic carbocycles. The van der Waals surface area contributed by atoms with Crippen LogP contribution in [0.1, 0.15) is 23.0 Å². The predicted molar refractivity (Wildman–Crippen MR) is 73.5 cm³/mol. The first-order valence-corrected chi connectivity index (χ1v) is 6.54. The highest BCUT2D eigenvalue weighted by atomic mass is 16.5. The Kier molecular flexibility index (Phi) is 7.21. The third-order valence-electron chi connectivity index (χ3n) is 2.91. The Hall–Kier alpha value is -1.44. The maximum absolute atomic E-state index is 11.8. The van der Waals surface area contributed by atoms with Gasteiger partial charge in [0, 0.05) is 34.4 Å². The average molecular weight is 285 g/mol. The largest absolute Gasteiger partial charge is 0.462 e. The molecular weight excluding hydrogens is 262 g/mol. The van der Waals surface area contributed by atoms with Crippen molar-refractivity contribution in [3.05, 3.63) is 17.5 Å². The Morgan fingerprint density at radius 3 is 2.85 bits per heavy atom. The van der Waals surface area contributed by atoms with Gasteiger partial charge in [0.15, 0.2) is 0 Å². The van der Waals surface area contributed by atoms with Gasteiger partial charge in [-0.15, -0.1) is 0 Å². The summed E-state index contributed by atoms with van der Waals surface area (Å²) in [7, 11) is 5.06. The lowest BCUT2D eigenvalue weighted by Crippen LogP contribution is -2.32. The van der Waals surface area contributed by atoms with Crippen molar-refractivity contribution in [3.63, 3.8) is 0 Å². The molecule has 1 aromatic heterocycles. The third-order valence-corrected chi connectivity index (χ3v) is 2.91. The van der Waals surface area contributed by atoms with Gasteiger partial charge in [0.2, 0.25) is 0 Å². The van der Waals surface area contributed by atoms with E-state index < -0.39 is 0 Å². The molecule has 0 radical (unpaired) electrons. The maximum atomic E-state index is 11.8. The molecule has 1 heterocycles. The van der Waals surface area contributed by atoms with Gasteiger partial charge in [0.05, 0.1) is 31.2 Å². The monoisotopic (exact) mass is 285 g/mol. The first kappa shape index (κ1) is 16.6. The molecule has 20 heavy (non-hydrogen) atoms.